The van der Waals surface area contributed by atoms with E-state index < -0.39 is 6.10 Å². The lowest BCUT2D eigenvalue weighted by atomic mass is 10.0. The fourth-order valence-electron chi connectivity index (χ4n) is 7.70. The average molecular weight is 933 g/mol. The lowest BCUT2D eigenvalue weighted by molar-refractivity contribution is -0.166. The van der Waals surface area contributed by atoms with Crippen LogP contribution in [-0.4, -0.2) is 37.2 Å². The zero-order valence-corrected chi connectivity index (χ0v) is 43.9. The molecule has 0 N–H and O–H groups in total. The highest BCUT2D eigenvalue weighted by Gasteiger charge is 2.19. The second-order valence-electron chi connectivity index (χ2n) is 18.5. The van der Waals surface area contributed by atoms with Gasteiger partial charge in [-0.1, -0.05) is 247 Å². The summed E-state index contributed by atoms with van der Waals surface area (Å²) in [5.41, 5.74) is 0. The van der Waals surface area contributed by atoms with Crippen LogP contribution >= 0.6 is 0 Å². The zero-order valence-electron chi connectivity index (χ0n) is 43.9. The Balaban J connectivity index is 4.49. The molecule has 6 nitrogen and oxygen atoms in total. The monoisotopic (exact) mass is 933 g/mol. The van der Waals surface area contributed by atoms with E-state index >= 15 is 0 Å². The van der Waals surface area contributed by atoms with Crippen LogP contribution in [0, 0.1) is 0 Å². The minimum absolute atomic E-state index is 0.0995. The van der Waals surface area contributed by atoms with Crippen molar-refractivity contribution in [3.05, 3.63) is 85.1 Å². The second kappa shape index (κ2) is 55.2. The smallest absolute Gasteiger partial charge is 0.306 e. The summed E-state index contributed by atoms with van der Waals surface area (Å²) in [4.78, 5) is 38.1. The van der Waals surface area contributed by atoms with Crippen LogP contribution in [0.1, 0.15) is 265 Å². The standard InChI is InChI=1S/C61H104O6/c1-4-7-10-13-16-19-22-25-27-29-30-32-33-36-39-42-45-48-51-54-60(63)66-57-58(56-65-59(62)53-50-47-44-41-38-35-24-21-18-15-12-9-6-3)67-61(64)55-52-49-46-43-40-37-34-31-28-26-23-20-17-14-11-8-5-2/h7,10,16,19,25-28,30,32,36,39,45,48,58H,4-6,8-9,11-15,17-18,20-24,29,31,33-35,37-38,40-44,46-47,49-57H2,1-3H3/b10-7-,19-16-,27-25-,28-26-,32-30-,39-36-,48-45-/t58-/m0/s1. The van der Waals surface area contributed by atoms with E-state index in [0.29, 0.717) is 19.3 Å². The molecule has 0 saturated heterocycles. The molecule has 0 radical (unpaired) electrons. The molecule has 6 heteroatoms. The SMILES string of the molecule is CC/C=C\C/C=C\C/C=C\C/C=C\C/C=C\C/C=C\CCC(=O)OC[C@H](COC(=O)CCCCCCCCCCCCCCC)OC(=O)CCCCCCCCC/C=C\CCCCCCCC. The molecule has 1 atom stereocenters. The Kier molecular flexibility index (Phi) is 52.4. The lowest BCUT2D eigenvalue weighted by Gasteiger charge is -2.18. The van der Waals surface area contributed by atoms with Crippen LogP contribution in [0.25, 0.3) is 0 Å². The number of rotatable bonds is 50. The van der Waals surface area contributed by atoms with Gasteiger partial charge in [0.2, 0.25) is 0 Å². The summed E-state index contributed by atoms with van der Waals surface area (Å²) in [6.45, 7) is 6.46. The highest BCUT2D eigenvalue weighted by molar-refractivity contribution is 5.71. The van der Waals surface area contributed by atoms with E-state index in [4.69, 9.17) is 14.2 Å². The maximum absolute atomic E-state index is 12.8. The minimum Gasteiger partial charge on any atom is -0.462 e. The molecule has 0 aromatic rings. The molecule has 67 heavy (non-hydrogen) atoms. The molecule has 0 aliphatic carbocycles. The van der Waals surface area contributed by atoms with Gasteiger partial charge in [-0.15, -0.1) is 0 Å². The van der Waals surface area contributed by atoms with E-state index in [2.05, 4.69) is 99.8 Å². The highest BCUT2D eigenvalue weighted by atomic mass is 16.6. The molecule has 0 aliphatic heterocycles. The Bertz CT molecular complexity index is 1300. The fraction of sp³-hybridized carbons (Fsp3) is 0.721. The van der Waals surface area contributed by atoms with Gasteiger partial charge in [-0.3, -0.25) is 14.4 Å². The molecular weight excluding hydrogens is 829 g/mol. The van der Waals surface area contributed by atoms with E-state index in [0.717, 1.165) is 77.0 Å². The van der Waals surface area contributed by atoms with Gasteiger partial charge in [-0.05, 0) is 83.5 Å². The number of hydrogen-bond donors (Lipinski definition) is 0. The minimum atomic E-state index is -0.808. The molecule has 384 valence electrons. The van der Waals surface area contributed by atoms with Gasteiger partial charge in [0.15, 0.2) is 6.10 Å². The van der Waals surface area contributed by atoms with Gasteiger partial charge in [0.25, 0.3) is 0 Å². The van der Waals surface area contributed by atoms with Gasteiger partial charge in [-0.25, -0.2) is 0 Å². The van der Waals surface area contributed by atoms with Crippen molar-refractivity contribution >= 4 is 17.9 Å². The van der Waals surface area contributed by atoms with Gasteiger partial charge in [0.05, 0.1) is 0 Å². The van der Waals surface area contributed by atoms with Crippen LogP contribution in [0.2, 0.25) is 0 Å². The molecule has 0 spiro atoms. The maximum Gasteiger partial charge on any atom is 0.306 e. The van der Waals surface area contributed by atoms with E-state index in [-0.39, 0.29) is 37.5 Å². The maximum atomic E-state index is 12.8. The quantitative estimate of drug-likeness (QED) is 0.0262. The normalized spacial score (nSPS) is 12.7. The van der Waals surface area contributed by atoms with Crippen molar-refractivity contribution < 1.29 is 28.6 Å². The van der Waals surface area contributed by atoms with E-state index in [1.807, 2.05) is 6.08 Å². The Hall–Kier alpha value is -3.41. The van der Waals surface area contributed by atoms with Crippen molar-refractivity contribution in [2.24, 2.45) is 0 Å². The van der Waals surface area contributed by atoms with Crippen molar-refractivity contribution in [2.45, 2.75) is 271 Å². The molecule has 0 aromatic heterocycles. The van der Waals surface area contributed by atoms with E-state index in [1.165, 1.54) is 141 Å². The Labute approximate surface area is 414 Å². The van der Waals surface area contributed by atoms with Gasteiger partial charge >= 0.3 is 17.9 Å². The first-order valence-electron chi connectivity index (χ1n) is 28.1. The fourth-order valence-corrected chi connectivity index (χ4v) is 7.70. The summed E-state index contributed by atoms with van der Waals surface area (Å²) in [5, 5.41) is 0. The molecule has 0 fully saturated rings. The molecule has 0 aliphatic rings. The Morgan fingerprint density at radius 2 is 0.612 bits per heavy atom. The molecule has 0 unspecified atom stereocenters. The number of carbonyl (C=O) groups is 3. The largest absolute Gasteiger partial charge is 0.462 e. The topological polar surface area (TPSA) is 78.9 Å². The number of esters is 3. The van der Waals surface area contributed by atoms with Crippen molar-refractivity contribution in [3.8, 4) is 0 Å². The van der Waals surface area contributed by atoms with Crippen LogP contribution in [0.5, 0.6) is 0 Å². The lowest BCUT2D eigenvalue weighted by Crippen LogP contribution is -2.30. The van der Waals surface area contributed by atoms with Gasteiger partial charge in [-0.2, -0.15) is 0 Å². The third kappa shape index (κ3) is 53.4. The van der Waals surface area contributed by atoms with Crippen molar-refractivity contribution in [3.63, 3.8) is 0 Å². The number of hydrogen-bond acceptors (Lipinski definition) is 6. The summed E-state index contributed by atoms with van der Waals surface area (Å²) < 4.78 is 16.8. The molecule has 0 bridgehead atoms. The third-order valence-electron chi connectivity index (χ3n) is 11.9. The van der Waals surface area contributed by atoms with Gasteiger partial charge in [0.1, 0.15) is 13.2 Å². The van der Waals surface area contributed by atoms with Crippen LogP contribution in [0.3, 0.4) is 0 Å². The Morgan fingerprint density at radius 3 is 1.00 bits per heavy atom. The predicted molar refractivity (Wildman–Crippen MR) is 288 cm³/mol. The summed E-state index contributed by atoms with van der Waals surface area (Å²) in [6.07, 6.45) is 71.5. The van der Waals surface area contributed by atoms with Crippen LogP contribution in [0.4, 0.5) is 0 Å². The van der Waals surface area contributed by atoms with E-state index in [9.17, 15) is 14.4 Å². The van der Waals surface area contributed by atoms with Crippen molar-refractivity contribution in [1.29, 1.82) is 0 Å². The van der Waals surface area contributed by atoms with Crippen LogP contribution in [-0.2, 0) is 28.6 Å². The number of ether oxygens (including phenoxy) is 3. The van der Waals surface area contributed by atoms with E-state index in [1.54, 1.807) is 0 Å². The molecule has 0 rings (SSSR count). The first-order valence-corrected chi connectivity index (χ1v) is 28.1. The zero-order chi connectivity index (χ0) is 48.6. The predicted octanol–water partition coefficient (Wildman–Crippen LogP) is 18.8. The van der Waals surface area contributed by atoms with Gasteiger partial charge < -0.3 is 14.2 Å². The number of unbranched alkanes of at least 4 members (excludes halogenated alkanes) is 25. The first kappa shape index (κ1) is 63.6. The van der Waals surface area contributed by atoms with Crippen molar-refractivity contribution in [2.75, 3.05) is 13.2 Å². The number of carbonyl (C=O) groups excluding carboxylic acids is 3. The third-order valence-corrected chi connectivity index (χ3v) is 11.9. The summed E-state index contributed by atoms with van der Waals surface area (Å²) in [6, 6.07) is 0. The molecule has 0 aromatic carbocycles. The number of allylic oxidation sites excluding steroid dienone is 14. The summed E-state index contributed by atoms with van der Waals surface area (Å²) in [5.74, 6) is -0.986. The second-order valence-corrected chi connectivity index (χ2v) is 18.5. The van der Waals surface area contributed by atoms with Crippen molar-refractivity contribution in [1.82, 2.24) is 0 Å². The molecule has 0 amide bonds. The molecular formula is C61H104O6. The first-order chi connectivity index (χ1) is 33.0. The van der Waals surface area contributed by atoms with Gasteiger partial charge in [0, 0.05) is 19.3 Å². The Morgan fingerprint density at radius 1 is 0.313 bits per heavy atom. The molecule has 0 saturated carbocycles. The van der Waals surface area contributed by atoms with Crippen LogP contribution < -0.4 is 0 Å². The summed E-state index contributed by atoms with van der Waals surface area (Å²) in [7, 11) is 0. The summed E-state index contributed by atoms with van der Waals surface area (Å²) >= 11 is 0. The average Bonchev–Trinajstić information content (AvgIpc) is 3.33. The van der Waals surface area contributed by atoms with Crippen LogP contribution in [0.15, 0.2) is 85.1 Å². The molecule has 0 heterocycles. The highest BCUT2D eigenvalue weighted by Crippen LogP contribution is 2.15.